The fourth-order valence-electron chi connectivity index (χ4n) is 2.40. The number of benzene rings is 2. The second-order valence-corrected chi connectivity index (χ2v) is 9.23. The molecule has 0 aliphatic heterocycles. The van der Waals surface area contributed by atoms with Gasteiger partial charge in [0.2, 0.25) is 0 Å². The predicted molar refractivity (Wildman–Crippen MR) is 107 cm³/mol. The third-order valence-corrected chi connectivity index (χ3v) is 6.26. The number of rotatable bonds is 7. The first-order valence-electron chi connectivity index (χ1n) is 8.48. The summed E-state index contributed by atoms with van der Waals surface area (Å²) in [4.78, 5) is 16.3. The molecule has 0 aliphatic rings. The quantitative estimate of drug-likeness (QED) is 0.577. The minimum Gasteiger partial charge on any atom is -0.344 e. The van der Waals surface area contributed by atoms with Gasteiger partial charge in [0.05, 0.1) is 10.6 Å². The number of carbonyl (C=O) groups excluding carboxylic acids is 1. The summed E-state index contributed by atoms with van der Waals surface area (Å²) in [5.74, 6) is -0.706. The van der Waals surface area contributed by atoms with E-state index in [1.54, 1.807) is 24.3 Å². The third-order valence-electron chi connectivity index (χ3n) is 4.00. The fraction of sp³-hybridized carbons (Fsp3) is 0.211. The van der Waals surface area contributed by atoms with Crippen molar-refractivity contribution in [2.24, 2.45) is 0 Å². The first kappa shape index (κ1) is 20.2. The summed E-state index contributed by atoms with van der Waals surface area (Å²) < 4.78 is 30.6. The minimum absolute atomic E-state index is 0.0553. The summed E-state index contributed by atoms with van der Waals surface area (Å²) in [5, 5.41) is 6.38. The zero-order chi connectivity index (χ0) is 20.1. The van der Waals surface area contributed by atoms with E-state index in [0.717, 1.165) is 15.6 Å². The molecule has 9 heteroatoms. The maximum absolute atomic E-state index is 12.4. The number of aryl methyl sites for hydroxylation is 2. The molecular weight excluding hydrogens is 446 g/mol. The van der Waals surface area contributed by atoms with Crippen molar-refractivity contribution in [2.75, 3.05) is 5.75 Å². The molecule has 1 aromatic heterocycles. The molecule has 0 bridgehead atoms. The average molecular weight is 464 g/mol. The topological polar surface area (TPSA) is 102 Å². The van der Waals surface area contributed by atoms with Crippen molar-refractivity contribution in [2.45, 2.75) is 24.8 Å². The second kappa shape index (κ2) is 8.66. The molecule has 1 N–H and O–H groups in total. The molecule has 0 radical (unpaired) electrons. The lowest BCUT2D eigenvalue weighted by molar-refractivity contribution is 0.0907. The van der Waals surface area contributed by atoms with Crippen LogP contribution in [0.15, 0.2) is 62.4 Å². The van der Waals surface area contributed by atoms with E-state index in [1.807, 2.05) is 31.2 Å². The van der Waals surface area contributed by atoms with Crippen LogP contribution in [-0.2, 0) is 22.8 Å². The number of nitrogens with one attached hydrogen (secondary N) is 1. The lowest BCUT2D eigenvalue weighted by atomic mass is 10.2. The summed E-state index contributed by atoms with van der Waals surface area (Å²) in [6.07, 6.45) is 0.0553. The smallest absolute Gasteiger partial charge is 0.315 e. The van der Waals surface area contributed by atoms with Crippen LogP contribution in [0, 0.1) is 6.92 Å². The SMILES string of the molecule is Cc1ccc(S(=O)(=O)CCc2noc(C(=O)NCc3ccc(Br)cc3)n2)cc1. The van der Waals surface area contributed by atoms with Crippen LogP contribution in [0.2, 0.25) is 0 Å². The zero-order valence-corrected chi connectivity index (χ0v) is 17.5. The van der Waals surface area contributed by atoms with E-state index in [2.05, 4.69) is 31.4 Å². The molecule has 0 saturated carbocycles. The number of sulfone groups is 1. The standard InChI is InChI=1S/C19H18BrN3O4S/c1-13-2-8-16(9-3-13)28(25,26)11-10-17-22-19(27-23-17)18(24)21-12-14-4-6-15(20)7-5-14/h2-9H,10-12H2,1H3,(H,21,24). The van der Waals surface area contributed by atoms with Crippen LogP contribution < -0.4 is 5.32 Å². The first-order valence-corrected chi connectivity index (χ1v) is 10.9. The number of hydrogen-bond donors (Lipinski definition) is 1. The molecule has 0 unspecified atom stereocenters. The van der Waals surface area contributed by atoms with Gasteiger partial charge in [0.1, 0.15) is 0 Å². The van der Waals surface area contributed by atoms with Crippen molar-refractivity contribution in [3.8, 4) is 0 Å². The Balaban J connectivity index is 1.56. The van der Waals surface area contributed by atoms with Crippen LogP contribution in [0.3, 0.4) is 0 Å². The molecule has 0 atom stereocenters. The maximum atomic E-state index is 12.4. The highest BCUT2D eigenvalue weighted by Gasteiger charge is 2.19. The Morgan fingerprint density at radius 2 is 1.79 bits per heavy atom. The Labute approximate surface area is 171 Å². The summed E-state index contributed by atoms with van der Waals surface area (Å²) in [6.45, 7) is 2.20. The van der Waals surface area contributed by atoms with Gasteiger partial charge in [-0.25, -0.2) is 8.42 Å². The van der Waals surface area contributed by atoms with Crippen LogP contribution in [0.25, 0.3) is 0 Å². The molecule has 0 aliphatic carbocycles. The van der Waals surface area contributed by atoms with Crippen LogP contribution in [-0.4, -0.2) is 30.2 Å². The van der Waals surface area contributed by atoms with Crippen LogP contribution in [0.5, 0.6) is 0 Å². The average Bonchev–Trinajstić information content (AvgIpc) is 3.15. The number of carbonyl (C=O) groups is 1. The Bertz CT molecular complexity index is 1060. The van der Waals surface area contributed by atoms with Gasteiger partial charge in [-0.05, 0) is 36.8 Å². The number of halogens is 1. The highest BCUT2D eigenvalue weighted by molar-refractivity contribution is 9.10. The largest absolute Gasteiger partial charge is 0.344 e. The maximum Gasteiger partial charge on any atom is 0.315 e. The molecule has 3 rings (SSSR count). The second-order valence-electron chi connectivity index (χ2n) is 6.21. The van der Waals surface area contributed by atoms with Crippen molar-refractivity contribution in [3.63, 3.8) is 0 Å². The van der Waals surface area contributed by atoms with Gasteiger partial charge >= 0.3 is 11.8 Å². The van der Waals surface area contributed by atoms with Gasteiger partial charge in [-0.15, -0.1) is 0 Å². The third kappa shape index (κ3) is 5.26. The van der Waals surface area contributed by atoms with E-state index in [4.69, 9.17) is 4.52 Å². The van der Waals surface area contributed by atoms with E-state index in [9.17, 15) is 13.2 Å². The van der Waals surface area contributed by atoms with Gasteiger partial charge in [-0.2, -0.15) is 4.98 Å². The van der Waals surface area contributed by atoms with Gasteiger partial charge in [0, 0.05) is 17.4 Å². The summed E-state index contributed by atoms with van der Waals surface area (Å²) in [7, 11) is -3.46. The van der Waals surface area contributed by atoms with Gasteiger partial charge < -0.3 is 9.84 Å². The molecule has 2 aromatic carbocycles. The monoisotopic (exact) mass is 463 g/mol. The molecule has 0 spiro atoms. The molecule has 146 valence electrons. The predicted octanol–water partition coefficient (Wildman–Crippen LogP) is 3.09. The molecule has 1 heterocycles. The molecule has 3 aromatic rings. The number of hydrogen-bond acceptors (Lipinski definition) is 6. The van der Waals surface area contributed by atoms with Gasteiger partial charge in [-0.1, -0.05) is 50.9 Å². The van der Waals surface area contributed by atoms with Crippen molar-refractivity contribution in [3.05, 3.63) is 75.8 Å². The highest BCUT2D eigenvalue weighted by Crippen LogP contribution is 2.14. The van der Waals surface area contributed by atoms with E-state index < -0.39 is 15.7 Å². The Hall–Kier alpha value is -2.52. The van der Waals surface area contributed by atoms with Crippen LogP contribution >= 0.6 is 15.9 Å². The van der Waals surface area contributed by atoms with E-state index >= 15 is 0 Å². The number of aromatic nitrogens is 2. The Kier molecular flexibility index (Phi) is 6.25. The summed E-state index contributed by atoms with van der Waals surface area (Å²) in [6, 6.07) is 14.1. The highest BCUT2D eigenvalue weighted by atomic mass is 79.9. The summed E-state index contributed by atoms with van der Waals surface area (Å²) >= 11 is 3.35. The lowest BCUT2D eigenvalue weighted by Crippen LogP contribution is -2.23. The Morgan fingerprint density at radius 3 is 2.46 bits per heavy atom. The molecular formula is C19H18BrN3O4S. The van der Waals surface area contributed by atoms with Gasteiger partial charge in [0.25, 0.3) is 0 Å². The van der Waals surface area contributed by atoms with Gasteiger partial charge in [0.15, 0.2) is 15.7 Å². The van der Waals surface area contributed by atoms with E-state index in [0.29, 0.717) is 6.54 Å². The molecule has 0 saturated heterocycles. The molecule has 7 nitrogen and oxygen atoms in total. The van der Waals surface area contributed by atoms with Crippen molar-refractivity contribution in [1.82, 2.24) is 15.5 Å². The lowest BCUT2D eigenvalue weighted by Gasteiger charge is -2.03. The molecule has 1 amide bonds. The van der Waals surface area contributed by atoms with E-state index in [1.165, 1.54) is 0 Å². The van der Waals surface area contributed by atoms with Crippen molar-refractivity contribution in [1.29, 1.82) is 0 Å². The Morgan fingerprint density at radius 1 is 1.11 bits per heavy atom. The minimum atomic E-state index is -3.46. The van der Waals surface area contributed by atoms with Crippen molar-refractivity contribution >= 4 is 31.7 Å². The fourth-order valence-corrected chi connectivity index (χ4v) is 3.90. The van der Waals surface area contributed by atoms with E-state index in [-0.39, 0.29) is 28.8 Å². The molecule has 28 heavy (non-hydrogen) atoms. The van der Waals surface area contributed by atoms with Crippen LogP contribution in [0.4, 0.5) is 0 Å². The first-order chi connectivity index (χ1) is 13.3. The number of nitrogens with zero attached hydrogens (tertiary/aromatic N) is 2. The van der Waals surface area contributed by atoms with Crippen LogP contribution in [0.1, 0.15) is 27.6 Å². The molecule has 0 fully saturated rings. The normalized spacial score (nSPS) is 11.4. The zero-order valence-electron chi connectivity index (χ0n) is 15.1. The van der Waals surface area contributed by atoms with Crippen molar-refractivity contribution < 1.29 is 17.7 Å². The number of amides is 1. The summed E-state index contributed by atoms with van der Waals surface area (Å²) in [5.41, 5.74) is 1.90. The van der Waals surface area contributed by atoms with Gasteiger partial charge in [-0.3, -0.25) is 4.79 Å².